The van der Waals surface area contributed by atoms with E-state index >= 15 is 0 Å². The van der Waals surface area contributed by atoms with E-state index in [0.29, 0.717) is 19.4 Å². The summed E-state index contributed by atoms with van der Waals surface area (Å²) in [5.74, 6) is 0.745. The Morgan fingerprint density at radius 1 is 1.08 bits per heavy atom. The lowest BCUT2D eigenvalue weighted by Gasteiger charge is -2.16. The Morgan fingerprint density at radius 2 is 1.79 bits per heavy atom. The van der Waals surface area contributed by atoms with Crippen LogP contribution in [-0.2, 0) is 17.8 Å². The van der Waals surface area contributed by atoms with Crippen molar-refractivity contribution in [2.24, 2.45) is 0 Å². The van der Waals surface area contributed by atoms with Gasteiger partial charge in [-0.1, -0.05) is 18.2 Å². The summed E-state index contributed by atoms with van der Waals surface area (Å²) in [6, 6.07) is 10.3. The van der Waals surface area contributed by atoms with E-state index in [1.54, 1.807) is 12.1 Å². The normalized spacial score (nSPS) is 14.0. The third kappa shape index (κ3) is 4.54. The highest BCUT2D eigenvalue weighted by Crippen LogP contribution is 2.17. The minimum Gasteiger partial charge on any atom is -0.357 e. The molecule has 2 aromatic rings. The first kappa shape index (κ1) is 16.4. The van der Waals surface area contributed by atoms with Crippen LogP contribution < -0.4 is 10.2 Å². The van der Waals surface area contributed by atoms with Crippen molar-refractivity contribution in [1.82, 2.24) is 10.3 Å². The molecule has 1 saturated heterocycles. The number of amides is 1. The van der Waals surface area contributed by atoms with Crippen molar-refractivity contribution < 1.29 is 9.18 Å². The van der Waals surface area contributed by atoms with Gasteiger partial charge in [0.15, 0.2) is 0 Å². The topological polar surface area (TPSA) is 45.2 Å². The first-order chi connectivity index (χ1) is 11.7. The van der Waals surface area contributed by atoms with E-state index in [9.17, 15) is 9.18 Å². The average molecular weight is 327 g/mol. The number of hydrogen-bond acceptors (Lipinski definition) is 3. The van der Waals surface area contributed by atoms with E-state index in [1.165, 1.54) is 25.0 Å². The number of halogens is 1. The summed E-state index contributed by atoms with van der Waals surface area (Å²) in [6.45, 7) is 2.63. The van der Waals surface area contributed by atoms with Gasteiger partial charge in [0.25, 0.3) is 0 Å². The van der Waals surface area contributed by atoms with Gasteiger partial charge in [-0.15, -0.1) is 0 Å². The monoisotopic (exact) mass is 327 g/mol. The van der Waals surface area contributed by atoms with E-state index in [4.69, 9.17) is 0 Å². The van der Waals surface area contributed by atoms with E-state index < -0.39 is 0 Å². The van der Waals surface area contributed by atoms with E-state index in [-0.39, 0.29) is 11.7 Å². The molecule has 0 aliphatic carbocycles. The number of nitrogens with one attached hydrogen (secondary N) is 1. The predicted octanol–water partition coefficient (Wildman–Crippen LogP) is 3.07. The predicted molar refractivity (Wildman–Crippen MR) is 92.3 cm³/mol. The third-order valence-electron chi connectivity index (χ3n) is 4.28. The number of nitrogens with zero attached hydrogens (tertiary/aromatic N) is 2. The van der Waals surface area contributed by atoms with Gasteiger partial charge in [0.1, 0.15) is 11.6 Å². The van der Waals surface area contributed by atoms with Gasteiger partial charge >= 0.3 is 0 Å². The third-order valence-corrected chi connectivity index (χ3v) is 4.28. The van der Waals surface area contributed by atoms with Crippen molar-refractivity contribution in [3.05, 3.63) is 59.5 Å². The maximum atomic E-state index is 12.8. The molecule has 0 bridgehead atoms. The molecule has 0 spiro atoms. The summed E-state index contributed by atoms with van der Waals surface area (Å²) in [6.07, 6.45) is 5.29. The molecule has 0 unspecified atom stereocenters. The fraction of sp³-hybridized carbons (Fsp3) is 0.368. The summed E-state index contributed by atoms with van der Waals surface area (Å²) >= 11 is 0. The second-order valence-electron chi connectivity index (χ2n) is 6.12. The second kappa shape index (κ2) is 7.90. The molecule has 5 heteroatoms. The summed E-state index contributed by atoms with van der Waals surface area (Å²) in [7, 11) is 0. The first-order valence-corrected chi connectivity index (χ1v) is 8.42. The molecule has 3 rings (SSSR count). The van der Waals surface area contributed by atoms with Crippen LogP contribution in [0.1, 0.15) is 30.4 Å². The lowest BCUT2D eigenvalue weighted by Crippen LogP contribution is -2.23. The number of anilines is 1. The Labute approximate surface area is 141 Å². The van der Waals surface area contributed by atoms with Gasteiger partial charge < -0.3 is 10.2 Å². The number of carbonyl (C=O) groups excluding carboxylic acids is 1. The minimum absolute atomic E-state index is 0.0112. The van der Waals surface area contributed by atoms with E-state index in [0.717, 1.165) is 30.0 Å². The number of pyridine rings is 1. The quantitative estimate of drug-likeness (QED) is 0.887. The van der Waals surface area contributed by atoms with Crippen molar-refractivity contribution in [3.8, 4) is 0 Å². The molecule has 1 aromatic carbocycles. The molecule has 1 fully saturated rings. The van der Waals surface area contributed by atoms with Crippen LogP contribution in [0.2, 0.25) is 0 Å². The number of benzene rings is 1. The lowest BCUT2D eigenvalue weighted by atomic mass is 10.1. The second-order valence-corrected chi connectivity index (χ2v) is 6.12. The molecule has 1 amide bonds. The molecule has 1 N–H and O–H groups in total. The highest BCUT2D eigenvalue weighted by molar-refractivity contribution is 5.76. The Hall–Kier alpha value is -2.43. The summed E-state index contributed by atoms with van der Waals surface area (Å²) in [5, 5.41) is 2.90. The molecule has 1 aliphatic heterocycles. The number of rotatable bonds is 6. The Bertz CT molecular complexity index is 664. The van der Waals surface area contributed by atoms with Crippen LogP contribution >= 0.6 is 0 Å². The largest absolute Gasteiger partial charge is 0.357 e. The molecule has 0 atom stereocenters. The van der Waals surface area contributed by atoms with Crippen LogP contribution in [0.3, 0.4) is 0 Å². The fourth-order valence-corrected chi connectivity index (χ4v) is 2.85. The van der Waals surface area contributed by atoms with Crippen molar-refractivity contribution in [2.75, 3.05) is 18.0 Å². The van der Waals surface area contributed by atoms with E-state index in [1.807, 2.05) is 18.3 Å². The van der Waals surface area contributed by atoms with Crippen molar-refractivity contribution >= 4 is 11.7 Å². The molecule has 2 heterocycles. The highest BCUT2D eigenvalue weighted by atomic mass is 19.1. The van der Waals surface area contributed by atoms with Gasteiger partial charge in [-0.2, -0.15) is 0 Å². The number of hydrogen-bond donors (Lipinski definition) is 1. The molecule has 1 aliphatic rings. The van der Waals surface area contributed by atoms with Gasteiger partial charge in [0.05, 0.1) is 0 Å². The van der Waals surface area contributed by atoms with E-state index in [2.05, 4.69) is 15.2 Å². The van der Waals surface area contributed by atoms with Gasteiger partial charge in [-0.25, -0.2) is 9.37 Å². The average Bonchev–Trinajstić information content (AvgIpc) is 3.14. The number of carbonyl (C=O) groups is 1. The summed E-state index contributed by atoms with van der Waals surface area (Å²) in [5.41, 5.74) is 1.95. The molecule has 1 aromatic heterocycles. The molecule has 0 radical (unpaired) electrons. The smallest absolute Gasteiger partial charge is 0.220 e. The van der Waals surface area contributed by atoms with Crippen LogP contribution in [0.5, 0.6) is 0 Å². The SMILES string of the molecule is O=C(CCc1ccc(F)cc1)NCc1ccc(N2CCCC2)nc1. The number of aromatic nitrogens is 1. The van der Waals surface area contributed by atoms with Crippen LogP contribution in [0.4, 0.5) is 10.2 Å². The van der Waals surface area contributed by atoms with Crippen LogP contribution in [0, 0.1) is 5.82 Å². The standard InChI is InChI=1S/C19H22FN3O/c20-17-7-3-15(4-8-17)6-10-19(24)22-14-16-5-9-18(21-13-16)23-11-1-2-12-23/h3-5,7-9,13H,1-2,6,10-12,14H2,(H,22,24). The highest BCUT2D eigenvalue weighted by Gasteiger charge is 2.13. The first-order valence-electron chi connectivity index (χ1n) is 8.42. The van der Waals surface area contributed by atoms with Gasteiger partial charge in [-0.05, 0) is 48.6 Å². The van der Waals surface area contributed by atoms with Crippen molar-refractivity contribution in [3.63, 3.8) is 0 Å². The van der Waals surface area contributed by atoms with Gasteiger partial charge in [0.2, 0.25) is 5.91 Å². The zero-order chi connectivity index (χ0) is 16.8. The zero-order valence-electron chi connectivity index (χ0n) is 13.7. The van der Waals surface area contributed by atoms with Crippen LogP contribution in [0.25, 0.3) is 0 Å². The minimum atomic E-state index is -0.256. The molecule has 24 heavy (non-hydrogen) atoms. The molecule has 0 saturated carbocycles. The van der Waals surface area contributed by atoms with Crippen molar-refractivity contribution in [1.29, 1.82) is 0 Å². The van der Waals surface area contributed by atoms with Crippen LogP contribution in [0.15, 0.2) is 42.6 Å². The molecule has 4 nitrogen and oxygen atoms in total. The Morgan fingerprint density at radius 3 is 2.46 bits per heavy atom. The summed E-state index contributed by atoms with van der Waals surface area (Å²) in [4.78, 5) is 18.7. The maximum Gasteiger partial charge on any atom is 0.220 e. The Kier molecular flexibility index (Phi) is 5.41. The summed E-state index contributed by atoms with van der Waals surface area (Å²) < 4.78 is 12.8. The zero-order valence-corrected chi connectivity index (χ0v) is 13.7. The Balaban J connectivity index is 1.43. The van der Waals surface area contributed by atoms with Crippen LogP contribution in [-0.4, -0.2) is 24.0 Å². The molecule has 126 valence electrons. The van der Waals surface area contributed by atoms with Gasteiger partial charge in [0, 0.05) is 32.3 Å². The fourth-order valence-electron chi connectivity index (χ4n) is 2.85. The molecular weight excluding hydrogens is 305 g/mol. The lowest BCUT2D eigenvalue weighted by molar-refractivity contribution is -0.121. The molecular formula is C19H22FN3O. The number of aryl methyl sites for hydroxylation is 1. The van der Waals surface area contributed by atoms with Gasteiger partial charge in [-0.3, -0.25) is 4.79 Å². The van der Waals surface area contributed by atoms with Crippen molar-refractivity contribution in [2.45, 2.75) is 32.2 Å². The maximum absolute atomic E-state index is 12.8.